The molecule has 0 aliphatic carbocycles. The molecule has 0 aliphatic heterocycles. The molecule has 0 saturated carbocycles. The Hall–Kier alpha value is -2.08. The molecule has 6 nitrogen and oxygen atoms in total. The topological polar surface area (TPSA) is 65.9 Å². The minimum atomic E-state index is -0.343. The van der Waals surface area contributed by atoms with Gasteiger partial charge in [-0.3, -0.25) is 14.6 Å². The molecule has 1 rings (SSSR count). The van der Waals surface area contributed by atoms with Crippen molar-refractivity contribution in [3.63, 3.8) is 0 Å². The number of amides is 1. The molecule has 0 fully saturated rings. The van der Waals surface area contributed by atoms with E-state index in [0.717, 1.165) is 0 Å². The Morgan fingerprint density at radius 1 is 1.32 bits per heavy atom. The lowest BCUT2D eigenvalue weighted by molar-refractivity contribution is 0.0747. The third-order valence-electron chi connectivity index (χ3n) is 2.59. The molecule has 0 spiro atoms. The predicted octanol–water partition coefficient (Wildman–Crippen LogP) is 0.904. The third-order valence-corrected chi connectivity index (χ3v) is 2.59. The van der Waals surface area contributed by atoms with E-state index >= 15 is 0 Å². The van der Waals surface area contributed by atoms with Crippen molar-refractivity contribution in [3.05, 3.63) is 29.6 Å². The fraction of sp³-hybridized carbons (Fsp3) is 0.385. The summed E-state index contributed by atoms with van der Waals surface area (Å²) in [6, 6.07) is 1.52. The van der Waals surface area contributed by atoms with Gasteiger partial charge in [-0.1, -0.05) is 0 Å². The number of likely N-dealkylation sites (N-methyl/N-ethyl adjacent to an activating group) is 1. The zero-order valence-corrected chi connectivity index (χ0v) is 11.5. The van der Waals surface area contributed by atoms with Crippen molar-refractivity contribution in [2.75, 3.05) is 27.2 Å². The van der Waals surface area contributed by atoms with Crippen molar-refractivity contribution in [3.8, 4) is 0 Å². The molecule has 0 atom stereocenters. The third kappa shape index (κ3) is 3.96. The number of ketones is 1. The van der Waals surface area contributed by atoms with Crippen molar-refractivity contribution < 1.29 is 9.59 Å². The van der Waals surface area contributed by atoms with Crippen LogP contribution >= 0.6 is 0 Å². The highest BCUT2D eigenvalue weighted by Crippen LogP contribution is 2.11. The lowest BCUT2D eigenvalue weighted by atomic mass is 10.1. The van der Waals surface area contributed by atoms with Crippen molar-refractivity contribution in [2.45, 2.75) is 6.92 Å². The van der Waals surface area contributed by atoms with Crippen LogP contribution in [-0.4, -0.2) is 60.5 Å². The normalized spacial score (nSPS) is 10.3. The molecule has 1 amide bonds. The summed E-state index contributed by atoms with van der Waals surface area (Å²) in [5.41, 5.74) is 0.597. The summed E-state index contributed by atoms with van der Waals surface area (Å²) in [6.45, 7) is 5.87. The fourth-order valence-electron chi connectivity index (χ4n) is 1.53. The highest BCUT2D eigenvalue weighted by Gasteiger charge is 2.19. The largest absolute Gasteiger partial charge is 0.308 e. The zero-order valence-electron chi connectivity index (χ0n) is 11.5. The van der Waals surface area contributed by atoms with Crippen molar-refractivity contribution >= 4 is 18.4 Å². The molecule has 6 heteroatoms. The van der Waals surface area contributed by atoms with Gasteiger partial charge in [0.2, 0.25) is 0 Å². The molecule has 102 valence electrons. The van der Waals surface area contributed by atoms with Crippen molar-refractivity contribution in [1.29, 1.82) is 0 Å². The number of aromatic nitrogens is 1. The van der Waals surface area contributed by atoms with Crippen LogP contribution in [0.25, 0.3) is 0 Å². The van der Waals surface area contributed by atoms with Gasteiger partial charge in [0.1, 0.15) is 0 Å². The van der Waals surface area contributed by atoms with Crippen LogP contribution < -0.4 is 0 Å². The lowest BCUT2D eigenvalue weighted by Crippen LogP contribution is -2.33. The number of hydrogen-bond donors (Lipinski definition) is 0. The van der Waals surface area contributed by atoms with E-state index in [1.807, 2.05) is 19.0 Å². The van der Waals surface area contributed by atoms with E-state index in [-0.39, 0.29) is 11.7 Å². The maximum atomic E-state index is 12.3. The molecule has 1 aromatic heterocycles. The monoisotopic (exact) mass is 262 g/mol. The van der Waals surface area contributed by atoms with Gasteiger partial charge >= 0.3 is 0 Å². The van der Waals surface area contributed by atoms with Crippen LogP contribution in [0.3, 0.4) is 0 Å². The Morgan fingerprint density at radius 3 is 2.53 bits per heavy atom. The molecular weight excluding hydrogens is 244 g/mol. The molecule has 0 unspecified atom stereocenters. The number of carbonyl (C=O) groups excluding carboxylic acids is 2. The van der Waals surface area contributed by atoms with Gasteiger partial charge in [-0.15, -0.1) is 0 Å². The molecule has 0 aromatic carbocycles. The number of carbonyl (C=O) groups is 2. The number of hydrogen-bond acceptors (Lipinski definition) is 5. The molecule has 0 radical (unpaired) electrons. The molecule has 0 aliphatic rings. The molecule has 1 heterocycles. The Kier molecular flexibility index (Phi) is 5.32. The number of Topliss-reactive ketones (excluding diaryl/α,β-unsaturated/α-hetero) is 1. The van der Waals surface area contributed by atoms with Crippen molar-refractivity contribution in [2.24, 2.45) is 5.10 Å². The van der Waals surface area contributed by atoms with Crippen LogP contribution in [-0.2, 0) is 0 Å². The maximum absolute atomic E-state index is 12.3. The highest BCUT2D eigenvalue weighted by atomic mass is 16.2. The maximum Gasteiger partial charge on any atom is 0.274 e. The van der Waals surface area contributed by atoms with Crippen LogP contribution in [0.2, 0.25) is 0 Å². The van der Waals surface area contributed by atoms with E-state index in [1.54, 1.807) is 0 Å². The van der Waals surface area contributed by atoms with E-state index in [9.17, 15) is 9.59 Å². The average molecular weight is 262 g/mol. The van der Waals surface area contributed by atoms with Gasteiger partial charge in [-0.05, 0) is 27.1 Å². The van der Waals surface area contributed by atoms with Gasteiger partial charge in [-0.2, -0.15) is 5.10 Å². The standard InChI is InChI=1S/C13H18N4O2/c1-10(18)12-9-15-6-5-11(12)13(19)17(14-2)8-7-16(3)4/h5-6,9H,2,7-8H2,1,3-4H3. The molecule has 19 heavy (non-hydrogen) atoms. The Bertz CT molecular complexity index is 485. The summed E-state index contributed by atoms with van der Waals surface area (Å²) in [7, 11) is 3.80. The number of hydrazone groups is 1. The van der Waals surface area contributed by atoms with Crippen LogP contribution in [0.1, 0.15) is 27.6 Å². The first kappa shape index (κ1) is 15.0. The Balaban J connectivity index is 2.97. The minimum Gasteiger partial charge on any atom is -0.308 e. The van der Waals surface area contributed by atoms with Gasteiger partial charge < -0.3 is 4.90 Å². The van der Waals surface area contributed by atoms with Crippen LogP contribution in [0.15, 0.2) is 23.6 Å². The van der Waals surface area contributed by atoms with Gasteiger partial charge in [0, 0.05) is 31.2 Å². The van der Waals surface area contributed by atoms with E-state index in [1.165, 1.54) is 30.4 Å². The molecule has 0 N–H and O–H groups in total. The van der Waals surface area contributed by atoms with E-state index in [4.69, 9.17) is 0 Å². The smallest absolute Gasteiger partial charge is 0.274 e. The van der Waals surface area contributed by atoms with Gasteiger partial charge in [0.15, 0.2) is 5.78 Å². The average Bonchev–Trinajstić information content (AvgIpc) is 2.38. The van der Waals surface area contributed by atoms with Gasteiger partial charge in [0.05, 0.1) is 12.1 Å². The molecule has 0 saturated heterocycles. The Labute approximate surface area is 112 Å². The lowest BCUT2D eigenvalue weighted by Gasteiger charge is -2.19. The quantitative estimate of drug-likeness (QED) is 0.434. The molecule has 0 bridgehead atoms. The first-order valence-electron chi connectivity index (χ1n) is 5.85. The van der Waals surface area contributed by atoms with E-state index < -0.39 is 0 Å². The predicted molar refractivity (Wildman–Crippen MR) is 73.4 cm³/mol. The summed E-state index contributed by atoms with van der Waals surface area (Å²) >= 11 is 0. The second-order valence-corrected chi connectivity index (χ2v) is 4.35. The van der Waals surface area contributed by atoms with Crippen LogP contribution in [0, 0.1) is 0 Å². The second-order valence-electron chi connectivity index (χ2n) is 4.35. The first-order chi connectivity index (χ1) is 8.97. The summed E-state index contributed by atoms with van der Waals surface area (Å²) in [5.74, 6) is -0.544. The highest BCUT2D eigenvalue weighted by molar-refractivity contribution is 6.06. The summed E-state index contributed by atoms with van der Waals surface area (Å²) < 4.78 is 0. The van der Waals surface area contributed by atoms with Crippen LogP contribution in [0.4, 0.5) is 0 Å². The second kappa shape index (κ2) is 6.75. The minimum absolute atomic E-state index is 0.201. The molecule has 1 aromatic rings. The van der Waals surface area contributed by atoms with E-state index in [0.29, 0.717) is 24.2 Å². The van der Waals surface area contributed by atoms with Gasteiger partial charge in [0.25, 0.3) is 5.91 Å². The SMILES string of the molecule is C=NN(CCN(C)C)C(=O)c1ccncc1C(C)=O. The fourth-order valence-corrected chi connectivity index (χ4v) is 1.53. The van der Waals surface area contributed by atoms with Crippen LogP contribution in [0.5, 0.6) is 0 Å². The number of rotatable bonds is 6. The van der Waals surface area contributed by atoms with Gasteiger partial charge in [-0.25, -0.2) is 5.01 Å². The van der Waals surface area contributed by atoms with E-state index in [2.05, 4.69) is 16.8 Å². The Morgan fingerprint density at radius 2 is 2.00 bits per heavy atom. The number of pyridine rings is 1. The summed E-state index contributed by atoms with van der Waals surface area (Å²) in [5, 5.41) is 4.96. The van der Waals surface area contributed by atoms with Crippen molar-refractivity contribution in [1.82, 2.24) is 14.9 Å². The summed E-state index contributed by atoms with van der Waals surface area (Å²) in [4.78, 5) is 29.6. The zero-order chi connectivity index (χ0) is 14.4. The first-order valence-corrected chi connectivity index (χ1v) is 5.85. The molecular formula is C13H18N4O2. The summed E-state index contributed by atoms with van der Waals surface area (Å²) in [6.07, 6.45) is 2.87. The number of nitrogens with zero attached hydrogens (tertiary/aromatic N) is 4.